The highest BCUT2D eigenvalue weighted by molar-refractivity contribution is 6.30. The number of aromatic nitrogens is 3. The Balaban J connectivity index is 2.01. The maximum atomic E-state index is 13.1. The molecule has 1 aromatic carbocycles. The molecule has 0 saturated carbocycles. The van der Waals surface area contributed by atoms with Crippen molar-refractivity contribution < 1.29 is 18.0 Å². The highest BCUT2D eigenvalue weighted by atomic mass is 35.5. The molecule has 11 heteroatoms. The summed E-state index contributed by atoms with van der Waals surface area (Å²) in [6.45, 7) is 0.176. The number of fused-ring (bicyclic) bond motifs is 1. The zero-order valence-corrected chi connectivity index (χ0v) is 18.5. The van der Waals surface area contributed by atoms with Crippen LogP contribution in [0.25, 0.3) is 17.0 Å². The van der Waals surface area contributed by atoms with Gasteiger partial charge in [-0.1, -0.05) is 23.7 Å². The van der Waals surface area contributed by atoms with Crippen molar-refractivity contribution in [2.75, 3.05) is 13.6 Å². The lowest BCUT2D eigenvalue weighted by Crippen LogP contribution is -2.32. The van der Waals surface area contributed by atoms with Crippen molar-refractivity contribution in [2.24, 2.45) is 0 Å². The fourth-order valence-corrected chi connectivity index (χ4v) is 3.44. The van der Waals surface area contributed by atoms with Gasteiger partial charge in [0.05, 0.1) is 24.6 Å². The Labute approximate surface area is 192 Å². The van der Waals surface area contributed by atoms with Crippen LogP contribution in [0, 0.1) is 11.3 Å². The predicted molar refractivity (Wildman–Crippen MR) is 117 cm³/mol. The van der Waals surface area contributed by atoms with Crippen molar-refractivity contribution in [1.82, 2.24) is 18.9 Å². The van der Waals surface area contributed by atoms with E-state index in [1.807, 2.05) is 6.07 Å². The molecule has 3 rings (SSSR count). The van der Waals surface area contributed by atoms with Crippen LogP contribution >= 0.6 is 11.6 Å². The Morgan fingerprint density at radius 2 is 1.94 bits per heavy atom. The molecule has 2 aromatic heterocycles. The van der Waals surface area contributed by atoms with Crippen molar-refractivity contribution in [2.45, 2.75) is 38.4 Å². The summed E-state index contributed by atoms with van der Waals surface area (Å²) in [5.74, 6) is -0.192. The lowest BCUT2D eigenvalue weighted by Gasteiger charge is -2.16. The minimum Gasteiger partial charge on any atom is -0.344 e. The van der Waals surface area contributed by atoms with Crippen LogP contribution in [-0.4, -0.2) is 44.5 Å². The summed E-state index contributed by atoms with van der Waals surface area (Å²) in [4.78, 5) is 31.4. The van der Waals surface area contributed by atoms with Crippen molar-refractivity contribution in [1.29, 1.82) is 5.26 Å². The molecule has 0 N–H and O–H groups in total. The largest absolute Gasteiger partial charge is 0.389 e. The van der Waals surface area contributed by atoms with Crippen LogP contribution in [0.4, 0.5) is 13.2 Å². The Kier molecular flexibility index (Phi) is 7.43. The van der Waals surface area contributed by atoms with Crippen molar-refractivity contribution in [3.05, 3.63) is 57.6 Å². The molecule has 0 aliphatic heterocycles. The topological polar surface area (TPSA) is 83.4 Å². The number of amides is 1. The third-order valence-electron chi connectivity index (χ3n) is 5.08. The minimum atomic E-state index is -4.30. The van der Waals surface area contributed by atoms with Gasteiger partial charge in [-0.2, -0.15) is 18.4 Å². The molecule has 0 aliphatic rings. The molecule has 0 radical (unpaired) electrons. The summed E-state index contributed by atoms with van der Waals surface area (Å²) in [5.41, 5.74) is 0.774. The van der Waals surface area contributed by atoms with Gasteiger partial charge in [-0.05, 0) is 18.6 Å². The summed E-state index contributed by atoms with van der Waals surface area (Å²) in [6, 6.07) is 8.71. The van der Waals surface area contributed by atoms with Crippen molar-refractivity contribution in [3.8, 4) is 17.3 Å². The van der Waals surface area contributed by atoms with E-state index >= 15 is 0 Å². The van der Waals surface area contributed by atoms with E-state index in [1.54, 1.807) is 24.3 Å². The van der Waals surface area contributed by atoms with Gasteiger partial charge in [-0.25, -0.2) is 4.98 Å². The number of alkyl halides is 3. The molecule has 7 nitrogen and oxygen atoms in total. The second-order valence-corrected chi connectivity index (χ2v) is 8.01. The maximum Gasteiger partial charge on any atom is 0.389 e. The summed E-state index contributed by atoms with van der Waals surface area (Å²) in [6.07, 6.45) is -2.71. The Morgan fingerprint density at radius 3 is 2.58 bits per heavy atom. The van der Waals surface area contributed by atoms with Gasteiger partial charge in [0, 0.05) is 55.1 Å². The molecule has 3 aromatic rings. The summed E-state index contributed by atoms with van der Waals surface area (Å²) >= 11 is 5.92. The van der Waals surface area contributed by atoms with Gasteiger partial charge in [-0.15, -0.1) is 0 Å². The second-order valence-electron chi connectivity index (χ2n) is 7.57. The molecule has 174 valence electrons. The number of halogens is 4. The number of likely N-dealkylation sites (N-methyl/N-ethyl adjacent to an activating group) is 1. The van der Waals surface area contributed by atoms with Gasteiger partial charge in [0.15, 0.2) is 0 Å². The van der Waals surface area contributed by atoms with Crippen LogP contribution in [0.3, 0.4) is 0 Å². The number of nitrogens with zero attached hydrogens (tertiary/aromatic N) is 5. The number of aryl methyl sites for hydroxylation is 1. The summed E-state index contributed by atoms with van der Waals surface area (Å²) in [7, 11) is 1.52. The molecule has 33 heavy (non-hydrogen) atoms. The first kappa shape index (κ1) is 24.3. The van der Waals surface area contributed by atoms with Crippen LogP contribution in [0.2, 0.25) is 5.02 Å². The number of carbonyl (C=O) groups is 1. The minimum absolute atomic E-state index is 0.0359. The van der Waals surface area contributed by atoms with E-state index < -0.39 is 18.2 Å². The normalized spacial score (nSPS) is 11.5. The summed E-state index contributed by atoms with van der Waals surface area (Å²) < 4.78 is 40.7. The number of benzene rings is 1. The zero-order valence-electron chi connectivity index (χ0n) is 17.8. The molecule has 0 atom stereocenters. The van der Waals surface area contributed by atoms with E-state index in [2.05, 4.69) is 4.98 Å². The number of hydrogen-bond acceptors (Lipinski definition) is 4. The van der Waals surface area contributed by atoms with E-state index in [1.165, 1.54) is 33.3 Å². The Morgan fingerprint density at radius 1 is 1.24 bits per heavy atom. The fraction of sp³-hybridized carbons (Fsp3) is 0.364. The lowest BCUT2D eigenvalue weighted by molar-refractivity contribution is -0.135. The van der Waals surface area contributed by atoms with Crippen LogP contribution in [0.1, 0.15) is 24.8 Å². The molecular weight excluding hydrogens is 459 g/mol. The second kappa shape index (κ2) is 10.1. The highest BCUT2D eigenvalue weighted by Crippen LogP contribution is 2.23. The number of rotatable bonds is 8. The third kappa shape index (κ3) is 6.14. The van der Waals surface area contributed by atoms with Gasteiger partial charge in [-0.3, -0.25) is 14.0 Å². The van der Waals surface area contributed by atoms with E-state index in [9.17, 15) is 22.8 Å². The monoisotopic (exact) mass is 479 g/mol. The molecule has 0 unspecified atom stereocenters. The van der Waals surface area contributed by atoms with E-state index in [0.29, 0.717) is 16.3 Å². The molecule has 0 aliphatic carbocycles. The highest BCUT2D eigenvalue weighted by Gasteiger charge is 2.26. The van der Waals surface area contributed by atoms with Gasteiger partial charge >= 0.3 is 6.18 Å². The molecule has 0 bridgehead atoms. The number of imidazole rings is 1. The standard InChI is InChI=1S/C22H21ClF3N5O2/c1-29(10-3-9-27)19(32)12-16-13-30(11-2-8-22(24,25)26)21-28-18(14-31(21)20(16)33)15-4-6-17(23)7-5-15/h4-7,13-14H,2-3,8,10-12H2,1H3. The third-order valence-corrected chi connectivity index (χ3v) is 5.33. The van der Waals surface area contributed by atoms with Crippen LogP contribution in [0.5, 0.6) is 0 Å². The molecular formula is C22H21ClF3N5O2. The van der Waals surface area contributed by atoms with Crippen molar-refractivity contribution >= 4 is 23.3 Å². The first-order chi connectivity index (χ1) is 15.6. The van der Waals surface area contributed by atoms with Gasteiger partial charge in [0.25, 0.3) is 5.56 Å². The average molecular weight is 480 g/mol. The molecule has 2 heterocycles. The maximum absolute atomic E-state index is 13.1. The van der Waals surface area contributed by atoms with Crippen LogP contribution in [-0.2, 0) is 17.8 Å². The zero-order chi connectivity index (χ0) is 24.2. The first-order valence-electron chi connectivity index (χ1n) is 10.1. The average Bonchev–Trinajstić information content (AvgIpc) is 3.20. The predicted octanol–water partition coefficient (Wildman–Crippen LogP) is 4.07. The number of hydrogen-bond donors (Lipinski definition) is 0. The Hall–Kier alpha value is -3.32. The first-order valence-corrected chi connectivity index (χ1v) is 10.5. The molecule has 1 amide bonds. The van der Waals surface area contributed by atoms with E-state index in [0.717, 1.165) is 0 Å². The fourth-order valence-electron chi connectivity index (χ4n) is 3.31. The lowest BCUT2D eigenvalue weighted by atomic mass is 10.2. The SMILES string of the molecule is CN(CCC#N)C(=O)Cc1cn(CCCC(F)(F)F)c2nc(-c3ccc(Cl)cc3)cn2c1=O. The van der Waals surface area contributed by atoms with Gasteiger partial charge < -0.3 is 9.47 Å². The quantitative estimate of drug-likeness (QED) is 0.487. The van der Waals surface area contributed by atoms with Gasteiger partial charge in [0.2, 0.25) is 11.7 Å². The van der Waals surface area contributed by atoms with Crippen LogP contribution in [0.15, 0.2) is 41.5 Å². The Bertz CT molecular complexity index is 1240. The van der Waals surface area contributed by atoms with Gasteiger partial charge in [0.1, 0.15) is 0 Å². The molecule has 0 fully saturated rings. The number of nitriles is 1. The smallest absolute Gasteiger partial charge is 0.344 e. The van der Waals surface area contributed by atoms with E-state index in [-0.39, 0.29) is 49.6 Å². The van der Waals surface area contributed by atoms with Crippen LogP contribution < -0.4 is 5.56 Å². The number of carbonyl (C=O) groups excluding carboxylic acids is 1. The molecule has 0 spiro atoms. The molecule has 0 saturated heterocycles. The van der Waals surface area contributed by atoms with Crippen molar-refractivity contribution in [3.63, 3.8) is 0 Å². The summed E-state index contributed by atoms with van der Waals surface area (Å²) in [5, 5.41) is 9.22. The van der Waals surface area contributed by atoms with E-state index in [4.69, 9.17) is 16.9 Å².